The highest BCUT2D eigenvalue weighted by molar-refractivity contribution is 7.85. The molecule has 3 nitrogen and oxygen atoms in total. The summed E-state index contributed by atoms with van der Waals surface area (Å²) in [5.41, 5.74) is 1.04. The molecule has 1 aliphatic heterocycles. The normalized spacial score (nSPS) is 19.1. The zero-order valence-corrected chi connectivity index (χ0v) is 13.9. The molecule has 0 aliphatic carbocycles. The Kier molecular flexibility index (Phi) is 6.30. The van der Waals surface area contributed by atoms with Crippen LogP contribution in [0.1, 0.15) is 18.0 Å². The summed E-state index contributed by atoms with van der Waals surface area (Å²) in [5.74, 6) is 1.59. The molecule has 2 rings (SSSR count). The van der Waals surface area contributed by atoms with E-state index in [1.165, 1.54) is 0 Å². The largest absolute Gasteiger partial charge is 0.313 e. The van der Waals surface area contributed by atoms with E-state index in [9.17, 15) is 4.21 Å². The molecule has 1 aliphatic rings. The first-order valence-electron chi connectivity index (χ1n) is 6.80. The van der Waals surface area contributed by atoms with E-state index in [4.69, 9.17) is 23.2 Å². The molecule has 112 valence electrons. The first kappa shape index (κ1) is 16.2. The van der Waals surface area contributed by atoms with Gasteiger partial charge in [0.25, 0.3) is 0 Å². The van der Waals surface area contributed by atoms with Gasteiger partial charge in [0.2, 0.25) is 0 Å². The highest BCUT2D eigenvalue weighted by atomic mass is 35.5. The Bertz CT molecular complexity index is 474. The van der Waals surface area contributed by atoms with Crippen molar-refractivity contribution in [3.63, 3.8) is 0 Å². The molecule has 1 atom stereocenters. The lowest BCUT2D eigenvalue weighted by Crippen LogP contribution is -2.39. The Morgan fingerprint density at radius 2 is 2.05 bits per heavy atom. The molecule has 1 saturated heterocycles. The highest BCUT2D eigenvalue weighted by Crippen LogP contribution is 2.31. The van der Waals surface area contributed by atoms with Crippen LogP contribution in [0.25, 0.3) is 0 Å². The van der Waals surface area contributed by atoms with E-state index >= 15 is 0 Å². The standard InChI is InChI=1S/C14H20Cl2N2OS/c1-17-13(11-3-2-4-12(15)14(11)16)5-6-18-7-9-20(19)10-8-18/h2-4,13,17H,5-10H2,1H3. The summed E-state index contributed by atoms with van der Waals surface area (Å²) in [6.07, 6.45) is 0.962. The zero-order chi connectivity index (χ0) is 14.5. The predicted octanol–water partition coefficient (Wildman–Crippen LogP) is 2.71. The van der Waals surface area contributed by atoms with Crippen molar-refractivity contribution in [3.05, 3.63) is 33.8 Å². The lowest BCUT2D eigenvalue weighted by Gasteiger charge is -2.28. The van der Waals surface area contributed by atoms with Gasteiger partial charge in [-0.3, -0.25) is 4.21 Å². The Labute approximate surface area is 133 Å². The van der Waals surface area contributed by atoms with E-state index in [1.807, 2.05) is 19.2 Å². The molecule has 6 heteroatoms. The van der Waals surface area contributed by atoms with Gasteiger partial charge >= 0.3 is 0 Å². The van der Waals surface area contributed by atoms with Gasteiger partial charge in [-0.25, -0.2) is 0 Å². The first-order valence-corrected chi connectivity index (χ1v) is 9.04. The molecule has 0 amide bonds. The van der Waals surface area contributed by atoms with Crippen molar-refractivity contribution in [2.24, 2.45) is 0 Å². The van der Waals surface area contributed by atoms with Crippen molar-refractivity contribution in [1.29, 1.82) is 0 Å². The molecule has 1 aromatic rings. The Morgan fingerprint density at radius 3 is 2.70 bits per heavy atom. The molecule has 1 aromatic carbocycles. The summed E-state index contributed by atoms with van der Waals surface area (Å²) in [5, 5.41) is 4.53. The minimum absolute atomic E-state index is 0.189. The Balaban J connectivity index is 1.95. The number of hydrogen-bond acceptors (Lipinski definition) is 3. The third-order valence-corrected chi connectivity index (χ3v) is 5.82. The topological polar surface area (TPSA) is 32.3 Å². The second-order valence-corrected chi connectivity index (χ2v) is 7.44. The fraction of sp³-hybridized carbons (Fsp3) is 0.571. The molecule has 0 bridgehead atoms. The second kappa shape index (κ2) is 7.76. The highest BCUT2D eigenvalue weighted by Gasteiger charge is 2.19. The van der Waals surface area contributed by atoms with Crippen LogP contribution in [-0.2, 0) is 10.8 Å². The maximum absolute atomic E-state index is 11.3. The molecule has 1 fully saturated rings. The van der Waals surface area contributed by atoms with Crippen LogP contribution in [0.5, 0.6) is 0 Å². The first-order chi connectivity index (χ1) is 9.61. The number of halogens is 2. The average molecular weight is 335 g/mol. The summed E-state index contributed by atoms with van der Waals surface area (Å²) in [6.45, 7) is 2.82. The predicted molar refractivity (Wildman–Crippen MR) is 87.2 cm³/mol. The third-order valence-electron chi connectivity index (χ3n) is 3.71. The lowest BCUT2D eigenvalue weighted by molar-refractivity contribution is 0.281. The summed E-state index contributed by atoms with van der Waals surface area (Å²) in [4.78, 5) is 2.37. The molecule has 0 spiro atoms. The van der Waals surface area contributed by atoms with Crippen LogP contribution < -0.4 is 5.32 Å². The number of rotatable bonds is 5. The number of hydrogen-bond donors (Lipinski definition) is 1. The van der Waals surface area contributed by atoms with Crippen molar-refractivity contribution in [2.45, 2.75) is 12.5 Å². The van der Waals surface area contributed by atoms with E-state index in [0.29, 0.717) is 10.0 Å². The number of nitrogens with one attached hydrogen (secondary N) is 1. The van der Waals surface area contributed by atoms with Gasteiger partial charge in [-0.15, -0.1) is 0 Å². The van der Waals surface area contributed by atoms with Crippen molar-refractivity contribution in [1.82, 2.24) is 10.2 Å². The van der Waals surface area contributed by atoms with E-state index in [2.05, 4.69) is 10.2 Å². The van der Waals surface area contributed by atoms with E-state index in [-0.39, 0.29) is 6.04 Å². The van der Waals surface area contributed by atoms with Gasteiger partial charge in [-0.1, -0.05) is 35.3 Å². The van der Waals surface area contributed by atoms with E-state index in [1.54, 1.807) is 6.07 Å². The van der Waals surface area contributed by atoms with E-state index in [0.717, 1.165) is 43.1 Å². The summed E-state index contributed by atoms with van der Waals surface area (Å²) in [7, 11) is 1.32. The van der Waals surface area contributed by atoms with Crippen molar-refractivity contribution in [2.75, 3.05) is 38.2 Å². The Morgan fingerprint density at radius 1 is 1.35 bits per heavy atom. The fourth-order valence-corrected chi connectivity index (χ4v) is 4.02. The zero-order valence-electron chi connectivity index (χ0n) is 11.6. The average Bonchev–Trinajstić information content (AvgIpc) is 2.45. The summed E-state index contributed by atoms with van der Waals surface area (Å²) >= 11 is 12.4. The van der Waals surface area contributed by atoms with Crippen molar-refractivity contribution in [3.8, 4) is 0 Å². The molecular formula is C14H20Cl2N2OS. The second-order valence-electron chi connectivity index (χ2n) is 4.96. The van der Waals surface area contributed by atoms with Gasteiger partial charge in [0, 0.05) is 48.0 Å². The third kappa shape index (κ3) is 4.18. The molecular weight excluding hydrogens is 315 g/mol. The molecule has 0 saturated carbocycles. The smallest absolute Gasteiger partial charge is 0.0640 e. The maximum Gasteiger partial charge on any atom is 0.0640 e. The molecule has 1 heterocycles. The van der Waals surface area contributed by atoms with Gasteiger partial charge in [0.1, 0.15) is 0 Å². The van der Waals surface area contributed by atoms with Crippen LogP contribution in [0.15, 0.2) is 18.2 Å². The van der Waals surface area contributed by atoms with Crippen molar-refractivity contribution >= 4 is 34.0 Å². The van der Waals surface area contributed by atoms with Gasteiger partial charge in [-0.05, 0) is 25.1 Å². The molecule has 0 radical (unpaired) electrons. The maximum atomic E-state index is 11.3. The van der Waals surface area contributed by atoms with Gasteiger partial charge in [0.05, 0.1) is 10.0 Å². The molecule has 20 heavy (non-hydrogen) atoms. The van der Waals surface area contributed by atoms with Crippen molar-refractivity contribution < 1.29 is 4.21 Å². The minimum Gasteiger partial charge on any atom is -0.313 e. The van der Waals surface area contributed by atoms with Gasteiger partial charge in [-0.2, -0.15) is 0 Å². The Hall–Kier alpha value is -0.130. The summed E-state index contributed by atoms with van der Waals surface area (Å²) < 4.78 is 11.3. The number of nitrogens with zero attached hydrogens (tertiary/aromatic N) is 1. The molecule has 1 unspecified atom stereocenters. The van der Waals surface area contributed by atoms with Crippen LogP contribution >= 0.6 is 23.2 Å². The van der Waals surface area contributed by atoms with Crippen LogP contribution in [0.3, 0.4) is 0 Å². The van der Waals surface area contributed by atoms with Crippen LogP contribution in [0.2, 0.25) is 10.0 Å². The summed E-state index contributed by atoms with van der Waals surface area (Å²) in [6, 6.07) is 5.94. The minimum atomic E-state index is -0.616. The lowest BCUT2D eigenvalue weighted by atomic mass is 10.0. The van der Waals surface area contributed by atoms with Gasteiger partial charge in [0.15, 0.2) is 0 Å². The van der Waals surface area contributed by atoms with Gasteiger partial charge < -0.3 is 10.2 Å². The fourth-order valence-electron chi connectivity index (χ4n) is 2.46. The SMILES string of the molecule is CNC(CCN1CCS(=O)CC1)c1cccc(Cl)c1Cl. The quantitative estimate of drug-likeness (QED) is 0.898. The van der Waals surface area contributed by atoms with Crippen LogP contribution in [0.4, 0.5) is 0 Å². The van der Waals surface area contributed by atoms with E-state index < -0.39 is 10.8 Å². The van der Waals surface area contributed by atoms with Crippen LogP contribution in [-0.4, -0.2) is 47.3 Å². The molecule has 0 aromatic heterocycles. The number of benzene rings is 1. The van der Waals surface area contributed by atoms with Crippen LogP contribution in [0, 0.1) is 0 Å². The monoisotopic (exact) mass is 334 g/mol. The molecule has 1 N–H and O–H groups in total.